The van der Waals surface area contributed by atoms with E-state index in [2.05, 4.69) is 20.6 Å². The Morgan fingerprint density at radius 3 is 2.68 bits per heavy atom. The number of halogens is 1. The van der Waals surface area contributed by atoms with Crippen LogP contribution < -0.4 is 5.32 Å². The molecule has 19 heavy (non-hydrogen) atoms. The quantitative estimate of drug-likeness (QED) is 0.804. The molecule has 3 aromatic rings. The second-order valence-corrected chi connectivity index (χ2v) is 5.65. The Morgan fingerprint density at radius 2 is 2.11 bits per heavy atom. The van der Waals surface area contributed by atoms with Gasteiger partial charge < -0.3 is 5.32 Å². The van der Waals surface area contributed by atoms with Crippen LogP contribution in [0.3, 0.4) is 0 Å². The van der Waals surface area contributed by atoms with Crippen molar-refractivity contribution >= 4 is 34.4 Å². The highest BCUT2D eigenvalue weighted by atomic mass is 35.5. The van der Waals surface area contributed by atoms with Crippen molar-refractivity contribution in [3.05, 3.63) is 41.0 Å². The van der Waals surface area contributed by atoms with E-state index in [1.54, 1.807) is 10.9 Å². The summed E-state index contributed by atoms with van der Waals surface area (Å²) < 4.78 is 2.46. The van der Waals surface area contributed by atoms with E-state index in [9.17, 15) is 0 Å². The normalized spacial score (nSPS) is 10.6. The van der Waals surface area contributed by atoms with Crippen LogP contribution in [-0.2, 0) is 7.05 Å². The summed E-state index contributed by atoms with van der Waals surface area (Å²) in [6.07, 6.45) is 3.60. The lowest BCUT2D eigenvalue weighted by Crippen LogP contribution is -1.95. The van der Waals surface area contributed by atoms with Gasteiger partial charge in [0.2, 0.25) is 0 Å². The zero-order valence-corrected chi connectivity index (χ0v) is 11.6. The molecule has 96 valence electrons. The first kappa shape index (κ1) is 12.1. The molecule has 1 N–H and O–H groups in total. The standard InChI is InChI=1S/C12H10ClN5S/c1-18-7-8(6-14-18)15-12-5-2-9(16-17-12)10-3-4-11(13)19-10/h2-7H,1H3,(H,15,17). The maximum Gasteiger partial charge on any atom is 0.153 e. The van der Waals surface area contributed by atoms with Crippen molar-refractivity contribution in [3.63, 3.8) is 0 Å². The van der Waals surface area contributed by atoms with Gasteiger partial charge in [-0.1, -0.05) is 11.6 Å². The Morgan fingerprint density at radius 1 is 1.21 bits per heavy atom. The Kier molecular flexibility index (Phi) is 3.18. The van der Waals surface area contributed by atoms with Crippen molar-refractivity contribution in [2.75, 3.05) is 5.32 Å². The number of aromatic nitrogens is 4. The first-order valence-electron chi connectivity index (χ1n) is 5.56. The van der Waals surface area contributed by atoms with Crippen molar-refractivity contribution in [1.29, 1.82) is 0 Å². The van der Waals surface area contributed by atoms with Gasteiger partial charge in [0.05, 0.1) is 21.1 Å². The summed E-state index contributed by atoms with van der Waals surface area (Å²) in [6.45, 7) is 0. The molecule has 0 radical (unpaired) electrons. The summed E-state index contributed by atoms with van der Waals surface area (Å²) in [5.41, 5.74) is 1.69. The predicted molar refractivity (Wildman–Crippen MR) is 76.8 cm³/mol. The molecule has 0 atom stereocenters. The number of thiophene rings is 1. The molecular formula is C12H10ClN5S. The molecule has 0 aliphatic rings. The van der Waals surface area contributed by atoms with Gasteiger partial charge in [0.1, 0.15) is 5.69 Å². The highest BCUT2D eigenvalue weighted by molar-refractivity contribution is 7.19. The minimum absolute atomic E-state index is 0.680. The summed E-state index contributed by atoms with van der Waals surface area (Å²) in [4.78, 5) is 1.01. The molecule has 0 aromatic carbocycles. The first-order valence-corrected chi connectivity index (χ1v) is 6.75. The molecule has 7 heteroatoms. The van der Waals surface area contributed by atoms with E-state index in [0.717, 1.165) is 20.6 Å². The van der Waals surface area contributed by atoms with Gasteiger partial charge in [-0.2, -0.15) is 5.10 Å². The lowest BCUT2D eigenvalue weighted by atomic mass is 10.3. The van der Waals surface area contributed by atoms with Gasteiger partial charge in [0.15, 0.2) is 5.82 Å². The first-order chi connectivity index (χ1) is 9.20. The lowest BCUT2D eigenvalue weighted by Gasteiger charge is -2.01. The van der Waals surface area contributed by atoms with Crippen LogP contribution in [0.2, 0.25) is 4.34 Å². The van der Waals surface area contributed by atoms with Crippen molar-refractivity contribution in [3.8, 4) is 10.6 Å². The van der Waals surface area contributed by atoms with Crippen LogP contribution in [0.25, 0.3) is 10.6 Å². The van der Waals surface area contributed by atoms with Crippen LogP contribution in [0.4, 0.5) is 11.5 Å². The fourth-order valence-corrected chi connectivity index (χ4v) is 2.62. The number of aryl methyl sites for hydroxylation is 1. The fourth-order valence-electron chi connectivity index (χ4n) is 1.62. The summed E-state index contributed by atoms with van der Waals surface area (Å²) in [5.74, 6) is 0.680. The Bertz CT molecular complexity index is 688. The van der Waals surface area contributed by atoms with Crippen molar-refractivity contribution in [1.82, 2.24) is 20.0 Å². The topological polar surface area (TPSA) is 55.6 Å². The summed E-state index contributed by atoms with van der Waals surface area (Å²) in [5, 5.41) is 15.5. The Balaban J connectivity index is 1.79. The molecule has 0 spiro atoms. The number of nitrogens with zero attached hydrogens (tertiary/aromatic N) is 4. The molecular weight excluding hydrogens is 282 g/mol. The minimum atomic E-state index is 0.680. The molecule has 0 saturated heterocycles. The van der Waals surface area contributed by atoms with E-state index in [4.69, 9.17) is 11.6 Å². The molecule has 0 saturated carbocycles. The molecule has 0 amide bonds. The molecule has 3 aromatic heterocycles. The molecule has 3 heterocycles. The summed E-state index contributed by atoms with van der Waals surface area (Å²) >= 11 is 7.38. The van der Waals surface area contributed by atoms with Gasteiger partial charge in [-0.3, -0.25) is 4.68 Å². The SMILES string of the molecule is Cn1cc(Nc2ccc(-c3ccc(Cl)s3)nn2)cn1. The number of anilines is 2. The number of nitrogens with one attached hydrogen (secondary N) is 1. The van der Waals surface area contributed by atoms with Crippen LogP contribution in [0.15, 0.2) is 36.7 Å². The van der Waals surface area contributed by atoms with E-state index in [-0.39, 0.29) is 0 Å². The van der Waals surface area contributed by atoms with E-state index in [0.29, 0.717) is 5.82 Å². The number of hydrogen-bond donors (Lipinski definition) is 1. The molecule has 5 nitrogen and oxygen atoms in total. The third kappa shape index (κ3) is 2.74. The molecule has 0 aliphatic carbocycles. The molecule has 0 fully saturated rings. The maximum atomic E-state index is 5.90. The van der Waals surface area contributed by atoms with E-state index in [1.165, 1.54) is 11.3 Å². The second kappa shape index (κ2) is 4.99. The van der Waals surface area contributed by atoms with Gasteiger partial charge in [-0.05, 0) is 24.3 Å². The largest absolute Gasteiger partial charge is 0.336 e. The van der Waals surface area contributed by atoms with Crippen LogP contribution in [-0.4, -0.2) is 20.0 Å². The summed E-state index contributed by atoms with van der Waals surface area (Å²) in [7, 11) is 1.86. The predicted octanol–water partition coefficient (Wildman–Crippen LogP) is 3.34. The fraction of sp³-hybridized carbons (Fsp3) is 0.0833. The van der Waals surface area contributed by atoms with Crippen LogP contribution in [0.1, 0.15) is 0 Å². The van der Waals surface area contributed by atoms with E-state index < -0.39 is 0 Å². The minimum Gasteiger partial charge on any atom is -0.336 e. The smallest absolute Gasteiger partial charge is 0.153 e. The van der Waals surface area contributed by atoms with Gasteiger partial charge >= 0.3 is 0 Å². The molecule has 3 rings (SSSR count). The second-order valence-electron chi connectivity index (χ2n) is 3.94. The maximum absolute atomic E-state index is 5.90. The van der Waals surface area contributed by atoms with Crippen LogP contribution in [0.5, 0.6) is 0 Å². The van der Waals surface area contributed by atoms with Gasteiger partial charge in [-0.25, -0.2) is 0 Å². The average molecular weight is 292 g/mol. The molecule has 0 aliphatic heterocycles. The average Bonchev–Trinajstić information content (AvgIpc) is 3.00. The van der Waals surface area contributed by atoms with E-state index >= 15 is 0 Å². The highest BCUT2D eigenvalue weighted by Crippen LogP contribution is 2.29. The number of rotatable bonds is 3. The lowest BCUT2D eigenvalue weighted by molar-refractivity contribution is 0.768. The van der Waals surface area contributed by atoms with Crippen LogP contribution >= 0.6 is 22.9 Å². The van der Waals surface area contributed by atoms with E-state index in [1.807, 2.05) is 37.5 Å². The third-order valence-corrected chi connectivity index (χ3v) is 3.72. The van der Waals surface area contributed by atoms with Crippen molar-refractivity contribution < 1.29 is 0 Å². The van der Waals surface area contributed by atoms with Crippen molar-refractivity contribution in [2.24, 2.45) is 7.05 Å². The van der Waals surface area contributed by atoms with Gasteiger partial charge in [-0.15, -0.1) is 21.5 Å². The Hall–Kier alpha value is -1.92. The van der Waals surface area contributed by atoms with Gasteiger partial charge in [0.25, 0.3) is 0 Å². The van der Waals surface area contributed by atoms with Gasteiger partial charge in [0, 0.05) is 13.2 Å². The third-order valence-electron chi connectivity index (χ3n) is 2.47. The summed E-state index contributed by atoms with van der Waals surface area (Å²) in [6, 6.07) is 7.58. The molecule has 0 bridgehead atoms. The number of hydrogen-bond acceptors (Lipinski definition) is 5. The highest BCUT2D eigenvalue weighted by Gasteiger charge is 2.05. The van der Waals surface area contributed by atoms with Crippen LogP contribution in [0, 0.1) is 0 Å². The monoisotopic (exact) mass is 291 g/mol. The zero-order valence-electron chi connectivity index (χ0n) is 10.0. The molecule has 0 unspecified atom stereocenters. The zero-order chi connectivity index (χ0) is 13.2. The van der Waals surface area contributed by atoms with Crippen molar-refractivity contribution in [2.45, 2.75) is 0 Å². The Labute approximate surface area is 118 Å².